The molecule has 0 aromatic heterocycles. The Balaban J connectivity index is 2.45. The highest BCUT2D eigenvalue weighted by Crippen LogP contribution is 2.17. The maximum absolute atomic E-state index is 12.9. The standard InChI is InChI=1S/C14H21ClFN3O/c1-3-17-14(19-8-9-20-2)18-7-6-11-4-5-12(16)10-13(11)15/h4-5,10H,3,6-9H2,1-2H3,(H2,17,18,19). The first-order valence-electron chi connectivity index (χ1n) is 6.62. The first-order chi connectivity index (χ1) is 9.67. The molecule has 1 rings (SSSR count). The summed E-state index contributed by atoms with van der Waals surface area (Å²) in [6.07, 6.45) is 0.702. The van der Waals surface area contributed by atoms with Crippen molar-refractivity contribution in [2.45, 2.75) is 13.3 Å². The van der Waals surface area contributed by atoms with Gasteiger partial charge in [0.05, 0.1) is 13.2 Å². The summed E-state index contributed by atoms with van der Waals surface area (Å²) in [7, 11) is 1.65. The van der Waals surface area contributed by atoms with Gasteiger partial charge in [-0.1, -0.05) is 17.7 Å². The Bertz CT molecular complexity index is 440. The lowest BCUT2D eigenvalue weighted by Crippen LogP contribution is -2.38. The minimum atomic E-state index is -0.318. The molecule has 20 heavy (non-hydrogen) atoms. The van der Waals surface area contributed by atoms with Crippen molar-refractivity contribution in [2.24, 2.45) is 4.99 Å². The van der Waals surface area contributed by atoms with Crippen LogP contribution in [0, 0.1) is 5.82 Å². The van der Waals surface area contributed by atoms with Crippen LogP contribution in [-0.2, 0) is 11.2 Å². The number of hydrogen-bond acceptors (Lipinski definition) is 2. The zero-order valence-corrected chi connectivity index (χ0v) is 12.6. The van der Waals surface area contributed by atoms with E-state index in [1.807, 2.05) is 6.92 Å². The molecule has 0 aliphatic rings. The van der Waals surface area contributed by atoms with Gasteiger partial charge in [-0.3, -0.25) is 4.99 Å². The van der Waals surface area contributed by atoms with Crippen molar-refractivity contribution >= 4 is 17.6 Å². The zero-order valence-electron chi connectivity index (χ0n) is 11.9. The molecular weight excluding hydrogens is 281 g/mol. The van der Waals surface area contributed by atoms with Gasteiger partial charge < -0.3 is 15.4 Å². The Morgan fingerprint density at radius 2 is 2.20 bits per heavy atom. The van der Waals surface area contributed by atoms with Gasteiger partial charge in [0.1, 0.15) is 5.82 Å². The van der Waals surface area contributed by atoms with E-state index in [2.05, 4.69) is 15.6 Å². The average Bonchev–Trinajstić information content (AvgIpc) is 2.41. The van der Waals surface area contributed by atoms with E-state index in [1.54, 1.807) is 13.2 Å². The van der Waals surface area contributed by atoms with Crippen LogP contribution in [0.5, 0.6) is 0 Å². The lowest BCUT2D eigenvalue weighted by atomic mass is 10.1. The third kappa shape index (κ3) is 6.21. The molecular formula is C14H21ClFN3O. The van der Waals surface area contributed by atoms with Gasteiger partial charge in [-0.15, -0.1) is 0 Å². The smallest absolute Gasteiger partial charge is 0.191 e. The van der Waals surface area contributed by atoms with Crippen molar-refractivity contribution in [1.82, 2.24) is 10.6 Å². The highest BCUT2D eigenvalue weighted by molar-refractivity contribution is 6.31. The Labute approximate surface area is 124 Å². The number of nitrogens with one attached hydrogen (secondary N) is 2. The summed E-state index contributed by atoms with van der Waals surface area (Å²) in [6, 6.07) is 4.45. The Hall–Kier alpha value is -1.33. The molecule has 0 aliphatic carbocycles. The fourth-order valence-corrected chi connectivity index (χ4v) is 1.89. The fraction of sp³-hybridized carbons (Fsp3) is 0.500. The third-order valence-electron chi connectivity index (χ3n) is 2.61. The van der Waals surface area contributed by atoms with Gasteiger partial charge >= 0.3 is 0 Å². The third-order valence-corrected chi connectivity index (χ3v) is 2.96. The van der Waals surface area contributed by atoms with Crippen LogP contribution in [0.4, 0.5) is 4.39 Å². The SMILES string of the molecule is CCNC(=NCCOC)NCCc1ccc(F)cc1Cl. The van der Waals surface area contributed by atoms with Gasteiger partial charge in [-0.05, 0) is 31.0 Å². The van der Waals surface area contributed by atoms with E-state index in [4.69, 9.17) is 16.3 Å². The molecule has 1 aromatic carbocycles. The normalized spacial score (nSPS) is 11.5. The van der Waals surface area contributed by atoms with Gasteiger partial charge in [0.25, 0.3) is 0 Å². The number of halogens is 2. The second-order valence-corrected chi connectivity index (χ2v) is 4.57. The number of guanidine groups is 1. The van der Waals surface area contributed by atoms with Crippen molar-refractivity contribution in [2.75, 3.05) is 33.4 Å². The Morgan fingerprint density at radius 3 is 2.85 bits per heavy atom. The highest BCUT2D eigenvalue weighted by Gasteiger charge is 2.03. The van der Waals surface area contributed by atoms with Gasteiger partial charge in [0.2, 0.25) is 0 Å². The average molecular weight is 302 g/mol. The van der Waals surface area contributed by atoms with E-state index in [9.17, 15) is 4.39 Å². The molecule has 112 valence electrons. The van der Waals surface area contributed by atoms with Crippen LogP contribution in [0.1, 0.15) is 12.5 Å². The summed E-state index contributed by atoms with van der Waals surface area (Å²) in [5, 5.41) is 6.79. The van der Waals surface area contributed by atoms with Crippen LogP contribution in [0.15, 0.2) is 23.2 Å². The van der Waals surface area contributed by atoms with E-state index in [0.717, 1.165) is 18.1 Å². The molecule has 1 aromatic rings. The minimum Gasteiger partial charge on any atom is -0.383 e. The highest BCUT2D eigenvalue weighted by atomic mass is 35.5. The zero-order chi connectivity index (χ0) is 14.8. The molecule has 6 heteroatoms. The van der Waals surface area contributed by atoms with E-state index in [1.165, 1.54) is 12.1 Å². The molecule has 0 saturated carbocycles. The number of benzene rings is 1. The molecule has 0 atom stereocenters. The van der Waals surface area contributed by atoms with E-state index in [-0.39, 0.29) is 5.82 Å². The largest absolute Gasteiger partial charge is 0.383 e. The first kappa shape index (κ1) is 16.7. The number of hydrogen-bond donors (Lipinski definition) is 2. The monoisotopic (exact) mass is 301 g/mol. The van der Waals surface area contributed by atoms with Crippen LogP contribution < -0.4 is 10.6 Å². The van der Waals surface area contributed by atoms with E-state index >= 15 is 0 Å². The molecule has 0 amide bonds. The summed E-state index contributed by atoms with van der Waals surface area (Å²) >= 11 is 5.98. The molecule has 0 bridgehead atoms. The minimum absolute atomic E-state index is 0.318. The van der Waals surface area contributed by atoms with Gasteiger partial charge in [-0.25, -0.2) is 4.39 Å². The van der Waals surface area contributed by atoms with Gasteiger partial charge in [0.15, 0.2) is 5.96 Å². The fourth-order valence-electron chi connectivity index (χ4n) is 1.63. The molecule has 0 fully saturated rings. The van der Waals surface area contributed by atoms with Gasteiger partial charge in [-0.2, -0.15) is 0 Å². The summed E-state index contributed by atoms with van der Waals surface area (Å²) in [6.45, 7) is 4.65. The van der Waals surface area contributed by atoms with Crippen LogP contribution in [0.3, 0.4) is 0 Å². The van der Waals surface area contributed by atoms with Gasteiger partial charge in [0, 0.05) is 25.2 Å². The first-order valence-corrected chi connectivity index (χ1v) is 7.00. The summed E-state index contributed by atoms with van der Waals surface area (Å²) < 4.78 is 17.9. The van der Waals surface area contributed by atoms with Crippen molar-refractivity contribution in [1.29, 1.82) is 0 Å². The second kappa shape index (κ2) is 9.55. The topological polar surface area (TPSA) is 45.7 Å². The number of methoxy groups -OCH3 is 1. The number of aliphatic imine (C=N–C) groups is 1. The van der Waals surface area contributed by atoms with E-state index in [0.29, 0.717) is 31.1 Å². The Kier molecular flexibility index (Phi) is 7.99. The molecule has 0 saturated heterocycles. The molecule has 0 heterocycles. The van der Waals surface area contributed by atoms with Crippen LogP contribution in [0.25, 0.3) is 0 Å². The predicted molar refractivity (Wildman–Crippen MR) is 81.0 cm³/mol. The Morgan fingerprint density at radius 1 is 1.40 bits per heavy atom. The molecule has 2 N–H and O–H groups in total. The maximum Gasteiger partial charge on any atom is 0.191 e. The van der Waals surface area contributed by atoms with Crippen molar-refractivity contribution < 1.29 is 9.13 Å². The lowest BCUT2D eigenvalue weighted by Gasteiger charge is -2.11. The maximum atomic E-state index is 12.9. The predicted octanol–water partition coefficient (Wildman–Crippen LogP) is 2.22. The molecule has 0 unspecified atom stereocenters. The molecule has 0 radical (unpaired) electrons. The second-order valence-electron chi connectivity index (χ2n) is 4.17. The van der Waals surface area contributed by atoms with Crippen molar-refractivity contribution in [3.8, 4) is 0 Å². The molecule has 0 spiro atoms. The summed E-state index contributed by atoms with van der Waals surface area (Å²) in [5.41, 5.74) is 0.910. The van der Waals surface area contributed by atoms with E-state index < -0.39 is 0 Å². The van der Waals surface area contributed by atoms with Crippen LogP contribution in [0.2, 0.25) is 5.02 Å². The quantitative estimate of drug-likeness (QED) is 0.461. The number of ether oxygens (including phenoxy) is 1. The van der Waals surface area contributed by atoms with Crippen LogP contribution >= 0.6 is 11.6 Å². The van der Waals surface area contributed by atoms with Crippen molar-refractivity contribution in [3.05, 3.63) is 34.6 Å². The van der Waals surface area contributed by atoms with Crippen LogP contribution in [-0.4, -0.2) is 39.3 Å². The molecule has 0 aliphatic heterocycles. The summed E-state index contributed by atoms with van der Waals surface area (Å²) in [4.78, 5) is 4.35. The number of nitrogens with zero attached hydrogens (tertiary/aromatic N) is 1. The lowest BCUT2D eigenvalue weighted by molar-refractivity contribution is 0.208. The van der Waals surface area contributed by atoms with Crippen molar-refractivity contribution in [3.63, 3.8) is 0 Å². The molecule has 4 nitrogen and oxygen atoms in total. The number of rotatable bonds is 7. The summed E-state index contributed by atoms with van der Waals surface area (Å²) in [5.74, 6) is 0.420.